The third kappa shape index (κ3) is 30.6. The molecule has 0 saturated heterocycles. The molecular weight excluding hydrogens is 471 g/mol. The lowest BCUT2D eigenvalue weighted by Gasteiger charge is -2.33. The van der Waals surface area contributed by atoms with Crippen molar-refractivity contribution in [3.8, 4) is 0 Å². The highest BCUT2D eigenvalue weighted by molar-refractivity contribution is 4.50. The van der Waals surface area contributed by atoms with E-state index in [-0.39, 0.29) is 24.8 Å². The van der Waals surface area contributed by atoms with Crippen LogP contribution in [0.1, 0.15) is 149 Å². The van der Waals surface area contributed by atoms with Gasteiger partial charge in [-0.25, -0.2) is 0 Å². The van der Waals surface area contributed by atoms with Crippen molar-refractivity contribution in [2.45, 2.75) is 149 Å². The van der Waals surface area contributed by atoms with Crippen molar-refractivity contribution in [3.05, 3.63) is 0 Å². The van der Waals surface area contributed by atoms with E-state index in [9.17, 15) is 0 Å². The van der Waals surface area contributed by atoms with Crippen LogP contribution in [0.25, 0.3) is 0 Å². The summed E-state index contributed by atoms with van der Waals surface area (Å²) in [4.78, 5) is 0. The molecule has 0 bridgehead atoms. The first-order valence-corrected chi connectivity index (χ1v) is 15.5. The van der Waals surface area contributed by atoms with E-state index in [0.29, 0.717) is 0 Å². The summed E-state index contributed by atoms with van der Waals surface area (Å²) in [5.41, 5.74) is 0. The molecule has 0 spiro atoms. The van der Waals surface area contributed by atoms with Gasteiger partial charge in [0.1, 0.15) is 0 Å². The van der Waals surface area contributed by atoms with Crippen LogP contribution in [0.15, 0.2) is 0 Å². The van der Waals surface area contributed by atoms with Crippen LogP contribution in [0, 0.1) is 0 Å². The lowest BCUT2D eigenvalue weighted by molar-refractivity contribution is -0.909. The second-order valence-electron chi connectivity index (χ2n) is 12.5. The first-order chi connectivity index (χ1) is 15.8. The van der Waals surface area contributed by atoms with Gasteiger partial charge in [-0.1, -0.05) is 117 Å². The SMILES string of the molecule is CCCCCCCCCCCC[N+](C)(C)CCC[N+](C)(C)CCCCCCCCCCCC.[Cl-].[Cl-]. The molecular formula is C31H68Cl2N2. The highest BCUT2D eigenvalue weighted by atomic mass is 35.5. The molecule has 0 aromatic heterocycles. The van der Waals surface area contributed by atoms with Crippen LogP contribution in [-0.2, 0) is 0 Å². The number of halogens is 2. The maximum atomic E-state index is 2.45. The van der Waals surface area contributed by atoms with Gasteiger partial charge in [-0.2, -0.15) is 0 Å². The van der Waals surface area contributed by atoms with Crippen molar-refractivity contribution in [3.63, 3.8) is 0 Å². The van der Waals surface area contributed by atoms with E-state index < -0.39 is 0 Å². The van der Waals surface area contributed by atoms with Gasteiger partial charge in [0.25, 0.3) is 0 Å². The van der Waals surface area contributed by atoms with Crippen LogP contribution in [0.4, 0.5) is 0 Å². The van der Waals surface area contributed by atoms with Gasteiger partial charge in [0.2, 0.25) is 0 Å². The molecule has 0 aliphatic carbocycles. The minimum atomic E-state index is 0. The third-order valence-electron chi connectivity index (χ3n) is 7.76. The van der Waals surface area contributed by atoms with Crippen LogP contribution in [0.2, 0.25) is 0 Å². The molecule has 0 N–H and O–H groups in total. The predicted octanol–water partition coefficient (Wildman–Crippen LogP) is 3.38. The van der Waals surface area contributed by atoms with Crippen LogP contribution in [0.3, 0.4) is 0 Å². The molecule has 0 aliphatic rings. The molecule has 0 aromatic carbocycles. The third-order valence-corrected chi connectivity index (χ3v) is 7.76. The van der Waals surface area contributed by atoms with Crippen molar-refractivity contribution in [2.75, 3.05) is 54.4 Å². The molecule has 35 heavy (non-hydrogen) atoms. The molecule has 0 atom stereocenters. The second-order valence-corrected chi connectivity index (χ2v) is 12.5. The Balaban J connectivity index is -0.00000512. The molecule has 0 saturated carbocycles. The highest BCUT2D eigenvalue weighted by Gasteiger charge is 2.19. The maximum Gasteiger partial charge on any atom is 0.0836 e. The molecule has 216 valence electrons. The van der Waals surface area contributed by atoms with E-state index in [4.69, 9.17) is 0 Å². The lowest BCUT2D eigenvalue weighted by atomic mass is 10.1. The summed E-state index contributed by atoms with van der Waals surface area (Å²) in [5, 5.41) is 0. The molecule has 0 radical (unpaired) electrons. The lowest BCUT2D eigenvalue weighted by Crippen LogP contribution is -3.00. The van der Waals surface area contributed by atoms with E-state index in [1.165, 1.54) is 170 Å². The summed E-state index contributed by atoms with van der Waals surface area (Å²) in [6.07, 6.45) is 30.2. The fourth-order valence-electron chi connectivity index (χ4n) is 5.20. The summed E-state index contributed by atoms with van der Waals surface area (Å²) in [6.45, 7) is 10.0. The van der Waals surface area contributed by atoms with Crippen molar-refractivity contribution in [1.29, 1.82) is 0 Å². The Morgan fingerprint density at radius 1 is 0.286 bits per heavy atom. The Labute approximate surface area is 236 Å². The van der Waals surface area contributed by atoms with Crippen LogP contribution in [-0.4, -0.2) is 63.3 Å². The van der Waals surface area contributed by atoms with E-state index in [1.54, 1.807) is 0 Å². The summed E-state index contributed by atoms with van der Waals surface area (Å²) >= 11 is 0. The van der Waals surface area contributed by atoms with Gasteiger partial charge in [-0.15, -0.1) is 0 Å². The fraction of sp³-hybridized carbons (Fsp3) is 1.00. The standard InChI is InChI=1S/C31H68N2.2ClH/c1-7-9-11-13-15-17-19-21-23-25-28-32(3,4)30-27-31-33(5,6)29-26-24-22-20-18-16-14-12-10-8-2;;/h7-31H2,1-6H3;2*1H/q+2;;/p-2. The molecule has 4 heteroatoms. The number of unbranched alkanes of at least 4 members (excludes halogenated alkanes) is 18. The van der Waals surface area contributed by atoms with Crippen LogP contribution >= 0.6 is 0 Å². The smallest absolute Gasteiger partial charge is 0.0836 e. The van der Waals surface area contributed by atoms with Gasteiger partial charge in [-0.05, 0) is 25.7 Å². The molecule has 0 unspecified atom stereocenters. The predicted molar refractivity (Wildman–Crippen MR) is 152 cm³/mol. The minimum Gasteiger partial charge on any atom is -1.00 e. The molecule has 0 aromatic rings. The minimum absolute atomic E-state index is 0. The monoisotopic (exact) mass is 538 g/mol. The molecule has 0 aliphatic heterocycles. The Hall–Kier alpha value is 0.500. The number of quaternary nitrogens is 2. The first kappa shape index (κ1) is 40.0. The normalized spacial score (nSPS) is 11.8. The molecule has 0 amide bonds. The summed E-state index contributed by atoms with van der Waals surface area (Å²) in [5.74, 6) is 0. The van der Waals surface area contributed by atoms with Crippen molar-refractivity contribution in [1.82, 2.24) is 0 Å². The Morgan fingerprint density at radius 3 is 0.743 bits per heavy atom. The van der Waals surface area contributed by atoms with Gasteiger partial charge in [0.15, 0.2) is 0 Å². The first-order valence-electron chi connectivity index (χ1n) is 15.5. The quantitative estimate of drug-likeness (QED) is 0.117. The van der Waals surface area contributed by atoms with Crippen LogP contribution in [0.5, 0.6) is 0 Å². The van der Waals surface area contributed by atoms with Crippen molar-refractivity contribution < 1.29 is 33.8 Å². The number of rotatable bonds is 26. The number of hydrogen-bond acceptors (Lipinski definition) is 0. The van der Waals surface area contributed by atoms with Crippen molar-refractivity contribution >= 4 is 0 Å². The summed E-state index contributed by atoms with van der Waals surface area (Å²) in [7, 11) is 9.82. The molecule has 2 nitrogen and oxygen atoms in total. The zero-order chi connectivity index (χ0) is 24.7. The maximum absolute atomic E-state index is 2.45. The van der Waals surface area contributed by atoms with Gasteiger partial charge in [-0.3, -0.25) is 0 Å². The topological polar surface area (TPSA) is 0 Å². The fourth-order valence-corrected chi connectivity index (χ4v) is 5.20. The zero-order valence-electron chi connectivity index (χ0n) is 25.3. The Bertz CT molecular complexity index is 363. The van der Waals surface area contributed by atoms with Gasteiger partial charge in [0, 0.05) is 6.42 Å². The van der Waals surface area contributed by atoms with E-state index in [1.807, 2.05) is 0 Å². The molecule has 0 fully saturated rings. The highest BCUT2D eigenvalue weighted by Crippen LogP contribution is 2.14. The average Bonchev–Trinajstić information content (AvgIpc) is 2.76. The van der Waals surface area contributed by atoms with E-state index >= 15 is 0 Å². The Morgan fingerprint density at radius 2 is 0.486 bits per heavy atom. The van der Waals surface area contributed by atoms with Gasteiger partial charge < -0.3 is 33.8 Å². The largest absolute Gasteiger partial charge is 1.00 e. The van der Waals surface area contributed by atoms with Crippen LogP contribution < -0.4 is 24.8 Å². The van der Waals surface area contributed by atoms with E-state index in [0.717, 1.165) is 0 Å². The van der Waals surface area contributed by atoms with Gasteiger partial charge >= 0.3 is 0 Å². The Kier molecular flexibility index (Phi) is 31.5. The second kappa shape index (κ2) is 27.5. The summed E-state index contributed by atoms with van der Waals surface area (Å²) < 4.78 is 2.44. The summed E-state index contributed by atoms with van der Waals surface area (Å²) in [6, 6.07) is 0. The number of nitrogens with zero attached hydrogens (tertiary/aromatic N) is 2. The molecule has 0 rings (SSSR count). The average molecular weight is 540 g/mol. The van der Waals surface area contributed by atoms with Gasteiger partial charge in [0.05, 0.1) is 54.4 Å². The van der Waals surface area contributed by atoms with E-state index in [2.05, 4.69) is 42.0 Å². The zero-order valence-corrected chi connectivity index (χ0v) is 26.8. The van der Waals surface area contributed by atoms with Crippen molar-refractivity contribution in [2.24, 2.45) is 0 Å². The molecule has 0 heterocycles. The number of hydrogen-bond donors (Lipinski definition) is 0.